The average molecular weight is 533 g/mol. The second-order valence-electron chi connectivity index (χ2n) is 8.71. The standard InChI is InChI=1S/C28H17FN8OS/c29-23-7-6-22(39-23)26-25-19(8-9-31-26)34-27(35-25)24-18-11-20(32-14-21(18)36-37-24)16-10-17(13-30-12-16)33-28(38)15-4-2-1-3-5-15/h1-14H,(H,33,38)(H,34,35)(H,36,37). The molecule has 7 aromatic rings. The Hall–Kier alpha value is -5.29. The number of aromatic nitrogens is 7. The number of amides is 1. The highest BCUT2D eigenvalue weighted by molar-refractivity contribution is 7.13. The second kappa shape index (κ2) is 9.23. The first-order valence-corrected chi connectivity index (χ1v) is 12.7. The molecule has 1 amide bonds. The van der Waals surface area contributed by atoms with Gasteiger partial charge in [-0.1, -0.05) is 18.2 Å². The van der Waals surface area contributed by atoms with Crippen LogP contribution in [0.15, 0.2) is 85.5 Å². The Bertz CT molecular complexity index is 2000. The quantitative estimate of drug-likeness (QED) is 0.247. The lowest BCUT2D eigenvalue weighted by Gasteiger charge is -2.07. The number of H-pyrrole nitrogens is 2. The first kappa shape index (κ1) is 22.9. The van der Waals surface area contributed by atoms with Crippen molar-refractivity contribution in [1.82, 2.24) is 35.1 Å². The van der Waals surface area contributed by atoms with Gasteiger partial charge in [-0.25, -0.2) is 4.98 Å². The van der Waals surface area contributed by atoms with Crippen molar-refractivity contribution in [3.05, 3.63) is 96.1 Å². The van der Waals surface area contributed by atoms with Crippen molar-refractivity contribution in [2.75, 3.05) is 5.32 Å². The van der Waals surface area contributed by atoms with Crippen LogP contribution in [0.25, 0.3) is 55.3 Å². The number of pyridine rings is 3. The first-order chi connectivity index (χ1) is 19.1. The van der Waals surface area contributed by atoms with Crippen molar-refractivity contribution in [1.29, 1.82) is 0 Å². The van der Waals surface area contributed by atoms with Gasteiger partial charge in [0, 0.05) is 28.9 Å². The molecule has 0 aliphatic carbocycles. The number of imidazole rings is 1. The fourth-order valence-electron chi connectivity index (χ4n) is 4.37. The Balaban J connectivity index is 1.25. The van der Waals surface area contributed by atoms with Gasteiger partial charge in [0.2, 0.25) is 0 Å². The summed E-state index contributed by atoms with van der Waals surface area (Å²) in [7, 11) is 0. The minimum absolute atomic E-state index is 0.223. The maximum absolute atomic E-state index is 13.7. The first-order valence-electron chi connectivity index (χ1n) is 11.9. The molecule has 0 saturated carbocycles. The summed E-state index contributed by atoms with van der Waals surface area (Å²) in [5.41, 5.74) is 5.82. The third-order valence-corrected chi connectivity index (χ3v) is 7.09. The lowest BCUT2D eigenvalue weighted by Crippen LogP contribution is -2.11. The van der Waals surface area contributed by atoms with Gasteiger partial charge in [-0.05, 0) is 42.5 Å². The van der Waals surface area contributed by atoms with E-state index >= 15 is 0 Å². The number of aromatic amines is 2. The molecule has 0 atom stereocenters. The van der Waals surface area contributed by atoms with Gasteiger partial charge in [0.1, 0.15) is 16.9 Å². The van der Waals surface area contributed by atoms with Gasteiger partial charge in [-0.3, -0.25) is 24.8 Å². The molecule has 7 rings (SSSR count). The molecule has 0 saturated heterocycles. The smallest absolute Gasteiger partial charge is 0.255 e. The van der Waals surface area contributed by atoms with E-state index in [0.717, 1.165) is 33.3 Å². The molecule has 0 bridgehead atoms. The van der Waals surface area contributed by atoms with Crippen LogP contribution in [0, 0.1) is 5.13 Å². The van der Waals surface area contributed by atoms with E-state index in [1.54, 1.807) is 43.0 Å². The molecule has 0 fully saturated rings. The molecular weight excluding hydrogens is 515 g/mol. The second-order valence-corrected chi connectivity index (χ2v) is 9.75. The van der Waals surface area contributed by atoms with Crippen molar-refractivity contribution in [3.63, 3.8) is 0 Å². The fourth-order valence-corrected chi connectivity index (χ4v) is 5.09. The summed E-state index contributed by atoms with van der Waals surface area (Å²) in [6, 6.07) is 17.6. The highest BCUT2D eigenvalue weighted by Crippen LogP contribution is 2.33. The van der Waals surface area contributed by atoms with Crippen molar-refractivity contribution in [2.24, 2.45) is 0 Å². The molecule has 6 aromatic heterocycles. The highest BCUT2D eigenvalue weighted by Gasteiger charge is 2.18. The zero-order valence-electron chi connectivity index (χ0n) is 20.0. The third kappa shape index (κ3) is 4.20. The number of hydrogen-bond acceptors (Lipinski definition) is 7. The lowest BCUT2D eigenvalue weighted by atomic mass is 10.1. The number of thiophene rings is 1. The van der Waals surface area contributed by atoms with Crippen LogP contribution < -0.4 is 5.32 Å². The maximum Gasteiger partial charge on any atom is 0.255 e. The van der Waals surface area contributed by atoms with E-state index in [0.29, 0.717) is 44.6 Å². The monoisotopic (exact) mass is 532 g/mol. The van der Waals surface area contributed by atoms with Crippen LogP contribution in [0.3, 0.4) is 0 Å². The highest BCUT2D eigenvalue weighted by atomic mass is 32.1. The number of nitrogens with zero attached hydrogens (tertiary/aromatic N) is 5. The van der Waals surface area contributed by atoms with Crippen molar-refractivity contribution in [3.8, 4) is 33.3 Å². The van der Waals surface area contributed by atoms with E-state index in [2.05, 4.69) is 35.5 Å². The van der Waals surface area contributed by atoms with E-state index in [9.17, 15) is 9.18 Å². The number of fused-ring (bicyclic) bond motifs is 2. The van der Waals surface area contributed by atoms with E-state index < -0.39 is 0 Å². The number of carbonyl (C=O) groups excluding carboxylic acids is 1. The normalized spacial score (nSPS) is 11.3. The lowest BCUT2D eigenvalue weighted by molar-refractivity contribution is 0.102. The Morgan fingerprint density at radius 3 is 2.67 bits per heavy atom. The molecule has 0 unspecified atom stereocenters. The molecule has 0 aliphatic heterocycles. The summed E-state index contributed by atoms with van der Waals surface area (Å²) in [5.74, 6) is 0.320. The number of nitrogens with one attached hydrogen (secondary N) is 3. The Labute approximate surface area is 223 Å². The van der Waals surface area contributed by atoms with E-state index in [1.165, 1.54) is 6.07 Å². The van der Waals surface area contributed by atoms with Crippen LogP contribution in [-0.4, -0.2) is 41.0 Å². The van der Waals surface area contributed by atoms with Gasteiger partial charge in [-0.2, -0.15) is 9.49 Å². The molecule has 3 N–H and O–H groups in total. The topological polar surface area (TPSA) is 125 Å². The van der Waals surface area contributed by atoms with E-state index in [1.807, 2.05) is 36.4 Å². The van der Waals surface area contributed by atoms with Crippen molar-refractivity contribution in [2.45, 2.75) is 0 Å². The summed E-state index contributed by atoms with van der Waals surface area (Å²) >= 11 is 1.02. The largest absolute Gasteiger partial charge is 0.336 e. The average Bonchev–Trinajstić information content (AvgIpc) is 3.71. The minimum atomic E-state index is -0.281. The van der Waals surface area contributed by atoms with Gasteiger partial charge in [0.05, 0.1) is 39.7 Å². The van der Waals surface area contributed by atoms with Gasteiger partial charge in [0.25, 0.3) is 5.91 Å². The minimum Gasteiger partial charge on any atom is -0.336 e. The van der Waals surface area contributed by atoms with Gasteiger partial charge in [-0.15, -0.1) is 11.3 Å². The number of rotatable bonds is 5. The molecule has 1 aromatic carbocycles. The summed E-state index contributed by atoms with van der Waals surface area (Å²) in [5, 5.41) is 10.9. The number of hydrogen-bond donors (Lipinski definition) is 3. The molecule has 11 heteroatoms. The number of halogens is 1. The summed E-state index contributed by atoms with van der Waals surface area (Å²) in [6.07, 6.45) is 6.63. The fraction of sp³-hybridized carbons (Fsp3) is 0. The SMILES string of the molecule is O=C(Nc1cncc(-c2cc3c(-c4nc5c(-c6ccc(F)s6)nccc5[nH]4)n[nH]c3cn2)c1)c1ccccc1. The number of benzene rings is 1. The molecule has 6 heterocycles. The Morgan fingerprint density at radius 2 is 1.82 bits per heavy atom. The number of carbonyl (C=O) groups is 1. The molecule has 39 heavy (non-hydrogen) atoms. The van der Waals surface area contributed by atoms with Crippen molar-refractivity contribution >= 4 is 44.9 Å². The predicted molar refractivity (Wildman–Crippen MR) is 148 cm³/mol. The number of anilines is 1. The third-order valence-electron chi connectivity index (χ3n) is 6.21. The molecule has 0 aliphatic rings. The summed E-state index contributed by atoms with van der Waals surface area (Å²) < 4.78 is 13.7. The van der Waals surface area contributed by atoms with Crippen LogP contribution in [0.2, 0.25) is 0 Å². The molecular formula is C28H17FN8OS. The maximum atomic E-state index is 13.7. The molecule has 0 spiro atoms. The zero-order chi connectivity index (χ0) is 26.3. The van der Waals surface area contributed by atoms with E-state index in [4.69, 9.17) is 4.98 Å². The van der Waals surface area contributed by atoms with Crippen molar-refractivity contribution < 1.29 is 9.18 Å². The Kier molecular flexibility index (Phi) is 5.41. The zero-order valence-corrected chi connectivity index (χ0v) is 20.8. The summed E-state index contributed by atoms with van der Waals surface area (Å²) in [4.78, 5) is 34.7. The van der Waals surface area contributed by atoms with Gasteiger partial charge >= 0.3 is 0 Å². The van der Waals surface area contributed by atoms with E-state index in [-0.39, 0.29) is 11.0 Å². The molecule has 188 valence electrons. The van der Waals surface area contributed by atoms with Crippen LogP contribution in [0.1, 0.15) is 10.4 Å². The van der Waals surface area contributed by atoms with Crippen LogP contribution in [-0.2, 0) is 0 Å². The van der Waals surface area contributed by atoms with Gasteiger partial charge in [0.15, 0.2) is 11.0 Å². The van der Waals surface area contributed by atoms with Crippen LogP contribution >= 0.6 is 11.3 Å². The summed E-state index contributed by atoms with van der Waals surface area (Å²) in [6.45, 7) is 0. The van der Waals surface area contributed by atoms with Gasteiger partial charge < -0.3 is 10.3 Å². The van der Waals surface area contributed by atoms with Crippen LogP contribution in [0.4, 0.5) is 10.1 Å². The Morgan fingerprint density at radius 1 is 0.923 bits per heavy atom. The predicted octanol–water partition coefficient (Wildman–Crippen LogP) is 6.08. The molecule has 0 radical (unpaired) electrons. The van der Waals surface area contributed by atoms with Crippen LogP contribution in [0.5, 0.6) is 0 Å². The molecule has 9 nitrogen and oxygen atoms in total.